The number of rotatable bonds is 9. The van der Waals surface area contributed by atoms with E-state index in [1.807, 2.05) is 13.0 Å². The second-order valence-electron chi connectivity index (χ2n) is 17.2. The third kappa shape index (κ3) is 9.42. The zero-order chi connectivity index (χ0) is 44.1. The number of nitrogens with one attached hydrogen (secondary N) is 3. The largest absolute Gasteiger partial charge is 0.488 e. The summed E-state index contributed by atoms with van der Waals surface area (Å²) >= 11 is 2.71. The molecular formula is C40H48F3N7O8S3. The molecule has 3 aromatic rings. The standard InChI is InChI=1S/C40H48F3N7O8S3/c1-22-8-6-7-9-24-20-39(24,35(53)49-61(55,56)38(5)10-11-38)48-31(51)29-19-26(57-25-17-27(32-44-12-14-59-32)46-28(18-25)33-45-13-15-60-33)21-50(29)34(52)30(23(2)16-22)47-36(54)58-37(3,4)40(41,42)43/h7,9,12-15,17-18,22-24,26,29-30H,6,8,10-11,16,19-21H2,1-5H3,(H,47,54)(H,48,51)(H,49,53)/b9-7-/t22-,23+,24+,26+,29-,30-,39+/m0/s1. The summed E-state index contributed by atoms with van der Waals surface area (Å²) in [6, 6.07) is 0.562. The average Bonchev–Trinajstić information content (AvgIpc) is 3.73. The maximum Gasteiger partial charge on any atom is 0.427 e. The van der Waals surface area contributed by atoms with Crippen molar-refractivity contribution in [3.8, 4) is 27.2 Å². The quantitative estimate of drug-likeness (QED) is 0.213. The van der Waals surface area contributed by atoms with E-state index in [2.05, 4.69) is 25.3 Å². The molecule has 0 spiro atoms. The molecule has 3 N–H and O–H groups in total. The number of pyridine rings is 1. The highest BCUT2D eigenvalue weighted by atomic mass is 32.2. The monoisotopic (exact) mass is 907 g/mol. The number of alkyl carbamates (subject to hydrolysis) is 1. The predicted octanol–water partition coefficient (Wildman–Crippen LogP) is 6.00. The van der Waals surface area contributed by atoms with Gasteiger partial charge in [-0.3, -0.25) is 19.1 Å². The van der Waals surface area contributed by atoms with Gasteiger partial charge in [0.25, 0.3) is 5.91 Å². The minimum Gasteiger partial charge on any atom is -0.488 e. The molecule has 4 aliphatic rings. The highest BCUT2D eigenvalue weighted by Crippen LogP contribution is 2.48. The molecule has 7 atom stereocenters. The van der Waals surface area contributed by atoms with Gasteiger partial charge in [0.15, 0.2) is 0 Å². The van der Waals surface area contributed by atoms with E-state index < -0.39 is 85.9 Å². The molecule has 2 aliphatic carbocycles. The molecule has 2 aliphatic heterocycles. The molecule has 5 heterocycles. The van der Waals surface area contributed by atoms with Crippen LogP contribution in [0.5, 0.6) is 5.75 Å². The van der Waals surface area contributed by atoms with Crippen LogP contribution in [0.25, 0.3) is 21.4 Å². The number of allylic oxidation sites excluding steroid dienone is 1. The predicted molar refractivity (Wildman–Crippen MR) is 220 cm³/mol. The van der Waals surface area contributed by atoms with Gasteiger partial charge in [-0.1, -0.05) is 26.0 Å². The Morgan fingerprint density at radius 3 is 2.23 bits per heavy atom. The number of sulfonamides is 1. The van der Waals surface area contributed by atoms with Crippen LogP contribution in [-0.2, 0) is 29.1 Å². The smallest absolute Gasteiger partial charge is 0.427 e. The third-order valence-electron chi connectivity index (χ3n) is 12.0. The molecule has 1 saturated heterocycles. The molecule has 330 valence electrons. The average molecular weight is 908 g/mol. The molecule has 21 heteroatoms. The van der Waals surface area contributed by atoms with Crippen molar-refractivity contribution in [1.82, 2.24) is 35.2 Å². The molecule has 7 rings (SSSR count). The van der Waals surface area contributed by atoms with Gasteiger partial charge in [0.05, 0.1) is 11.3 Å². The summed E-state index contributed by atoms with van der Waals surface area (Å²) in [7, 11) is -4.09. The van der Waals surface area contributed by atoms with Gasteiger partial charge in [0.1, 0.15) is 50.9 Å². The second kappa shape index (κ2) is 16.6. The first-order chi connectivity index (χ1) is 28.6. The summed E-state index contributed by atoms with van der Waals surface area (Å²) < 4.78 is 80.3. The lowest BCUT2D eigenvalue weighted by molar-refractivity contribution is -0.244. The fraction of sp³-hybridized carbons (Fsp3) is 0.575. The number of alkyl halides is 3. The molecule has 3 fully saturated rings. The van der Waals surface area contributed by atoms with Gasteiger partial charge in [-0.05, 0) is 71.1 Å². The third-order valence-corrected chi connectivity index (χ3v) is 15.7. The Labute approximate surface area is 359 Å². The van der Waals surface area contributed by atoms with Crippen molar-refractivity contribution in [3.63, 3.8) is 0 Å². The van der Waals surface area contributed by atoms with Crippen molar-refractivity contribution in [2.75, 3.05) is 6.54 Å². The van der Waals surface area contributed by atoms with Crippen molar-refractivity contribution in [3.05, 3.63) is 47.4 Å². The molecule has 0 bridgehead atoms. The number of thiazole rings is 2. The Balaban J connectivity index is 1.23. The SMILES string of the molecule is C[C@H]1CC/C=C\[C@@H]2C[C@@]2(C(=O)NS(=O)(=O)C2(C)CC2)NC(=O)[C@@H]2C[C@@H](Oc3cc(-c4nccs4)nc(-c4nccs4)c3)CN2C(=O)[C@@H](NC(=O)OC(C)(C)C(F)(F)F)[C@H](C)C1. The first-order valence-corrected chi connectivity index (χ1v) is 23.3. The maximum absolute atomic E-state index is 14.9. The van der Waals surface area contributed by atoms with Crippen LogP contribution >= 0.6 is 22.7 Å². The van der Waals surface area contributed by atoms with Crippen LogP contribution in [0.1, 0.15) is 79.6 Å². The fourth-order valence-corrected chi connectivity index (χ4v) is 10.2. The Morgan fingerprint density at radius 1 is 1.02 bits per heavy atom. The van der Waals surface area contributed by atoms with E-state index in [-0.39, 0.29) is 25.3 Å². The molecule has 2 saturated carbocycles. The number of amides is 4. The molecule has 0 unspecified atom stereocenters. The molecule has 61 heavy (non-hydrogen) atoms. The lowest BCUT2D eigenvalue weighted by atomic mass is 9.88. The van der Waals surface area contributed by atoms with Crippen LogP contribution in [0, 0.1) is 17.8 Å². The molecular weight excluding hydrogens is 860 g/mol. The van der Waals surface area contributed by atoms with Gasteiger partial charge in [-0.25, -0.2) is 28.2 Å². The molecule has 4 amide bonds. The zero-order valence-electron chi connectivity index (χ0n) is 34.2. The Hall–Kier alpha value is -4.63. The minimum atomic E-state index is -4.92. The van der Waals surface area contributed by atoms with Gasteiger partial charge in [-0.2, -0.15) is 13.2 Å². The van der Waals surface area contributed by atoms with Gasteiger partial charge in [-0.15, -0.1) is 22.7 Å². The lowest BCUT2D eigenvalue weighted by Crippen LogP contribution is -2.59. The van der Waals surface area contributed by atoms with E-state index in [0.29, 0.717) is 73.1 Å². The number of carbonyl (C=O) groups excluding carboxylic acids is 4. The van der Waals surface area contributed by atoms with Gasteiger partial charge in [0, 0.05) is 47.6 Å². The Morgan fingerprint density at radius 2 is 1.66 bits per heavy atom. The fourth-order valence-electron chi connectivity index (χ4n) is 7.73. The highest BCUT2D eigenvalue weighted by Gasteiger charge is 2.63. The van der Waals surface area contributed by atoms with Gasteiger partial charge in [0.2, 0.25) is 27.4 Å². The highest BCUT2D eigenvalue weighted by molar-refractivity contribution is 7.91. The molecule has 15 nitrogen and oxygen atoms in total. The summed E-state index contributed by atoms with van der Waals surface area (Å²) in [5, 5.41) is 9.99. The topological polar surface area (TPSA) is 199 Å². The van der Waals surface area contributed by atoms with Crippen molar-refractivity contribution < 1.29 is 50.2 Å². The maximum atomic E-state index is 14.9. The number of fused-ring (bicyclic) bond motifs is 2. The van der Waals surface area contributed by atoms with Gasteiger partial charge >= 0.3 is 12.3 Å². The number of ether oxygens (including phenoxy) is 2. The first-order valence-electron chi connectivity index (χ1n) is 20.0. The van der Waals surface area contributed by atoms with Crippen LogP contribution in [0.15, 0.2) is 47.4 Å². The number of carbonyl (C=O) groups is 4. The number of aromatic nitrogens is 3. The molecule has 0 aromatic carbocycles. The van der Waals surface area contributed by atoms with E-state index in [4.69, 9.17) is 14.5 Å². The van der Waals surface area contributed by atoms with E-state index in [1.165, 1.54) is 34.5 Å². The lowest BCUT2D eigenvalue weighted by Gasteiger charge is -2.34. The second-order valence-corrected chi connectivity index (χ2v) is 21.2. The van der Waals surface area contributed by atoms with E-state index in [9.17, 15) is 40.8 Å². The van der Waals surface area contributed by atoms with Crippen LogP contribution in [-0.4, -0.2) is 98.9 Å². The number of nitrogens with zero attached hydrogens (tertiary/aromatic N) is 4. The first kappa shape index (κ1) is 44.4. The summed E-state index contributed by atoms with van der Waals surface area (Å²) in [6.45, 7) is 6.34. The van der Waals surface area contributed by atoms with E-state index in [0.717, 1.165) is 0 Å². The number of hydrogen-bond donors (Lipinski definition) is 3. The Kier molecular flexibility index (Phi) is 12.1. The van der Waals surface area contributed by atoms with Crippen LogP contribution in [0.2, 0.25) is 0 Å². The normalized spacial score (nSPS) is 28.6. The summed E-state index contributed by atoms with van der Waals surface area (Å²) in [5.41, 5.74) is -3.57. The van der Waals surface area contributed by atoms with Gasteiger partial charge < -0.3 is 25.0 Å². The van der Waals surface area contributed by atoms with Crippen molar-refractivity contribution >= 4 is 56.5 Å². The zero-order valence-corrected chi connectivity index (χ0v) is 36.6. The van der Waals surface area contributed by atoms with Crippen LogP contribution < -0.4 is 20.1 Å². The van der Waals surface area contributed by atoms with Crippen molar-refractivity contribution in [2.24, 2.45) is 17.8 Å². The van der Waals surface area contributed by atoms with Crippen LogP contribution in [0.3, 0.4) is 0 Å². The summed E-state index contributed by atoms with van der Waals surface area (Å²) in [4.78, 5) is 71.3. The van der Waals surface area contributed by atoms with E-state index in [1.54, 1.807) is 48.3 Å². The van der Waals surface area contributed by atoms with E-state index >= 15 is 0 Å². The molecule has 0 radical (unpaired) electrons. The van der Waals surface area contributed by atoms with Crippen LogP contribution in [0.4, 0.5) is 18.0 Å². The van der Waals surface area contributed by atoms with Crippen molar-refractivity contribution in [1.29, 1.82) is 0 Å². The molecule has 3 aromatic heterocycles. The van der Waals surface area contributed by atoms with Crippen molar-refractivity contribution in [2.45, 2.75) is 120 Å². The number of hydrogen-bond acceptors (Lipinski definition) is 13. The summed E-state index contributed by atoms with van der Waals surface area (Å²) in [5.74, 6) is -3.38. The number of halogens is 3. The summed E-state index contributed by atoms with van der Waals surface area (Å²) in [6.07, 6.45) is 1.90. The minimum absolute atomic E-state index is 0.0443. The Bertz CT molecular complexity index is 2230.